The third-order valence-electron chi connectivity index (χ3n) is 6.48. The highest BCUT2D eigenvalue weighted by Crippen LogP contribution is 2.35. The Kier molecular flexibility index (Phi) is 7.15. The molecule has 0 saturated carbocycles. The van der Waals surface area contributed by atoms with Gasteiger partial charge in [0.2, 0.25) is 5.91 Å². The number of amides is 2. The second kappa shape index (κ2) is 10.1. The molecule has 0 unspecified atom stereocenters. The monoisotopic (exact) mass is 496 g/mol. The molecule has 2 amide bonds. The molecule has 2 aliphatic rings. The zero-order valence-corrected chi connectivity index (χ0v) is 21.0. The molecule has 3 heterocycles. The molecule has 0 spiro atoms. The highest BCUT2D eigenvalue weighted by atomic mass is 19.2. The van der Waals surface area contributed by atoms with Crippen LogP contribution in [0.4, 0.5) is 13.4 Å². The van der Waals surface area contributed by atoms with E-state index in [0.717, 1.165) is 20.1 Å². The van der Waals surface area contributed by atoms with Crippen molar-refractivity contribution in [3.8, 4) is 5.75 Å². The van der Waals surface area contributed by atoms with Gasteiger partial charge in [0.25, 0.3) is 0 Å². The van der Waals surface area contributed by atoms with Crippen LogP contribution in [0, 0.1) is 0 Å². The average molecular weight is 496 g/mol. The van der Waals surface area contributed by atoms with Crippen LogP contribution in [0.2, 0.25) is 0 Å². The molecule has 190 valence electrons. The lowest BCUT2D eigenvalue weighted by atomic mass is 9.89. The molecule has 2 aliphatic heterocycles. The van der Waals surface area contributed by atoms with Gasteiger partial charge in [0, 0.05) is 49.9 Å². The summed E-state index contributed by atoms with van der Waals surface area (Å²) in [5, 5.41) is 5.32. The van der Waals surface area contributed by atoms with Gasteiger partial charge in [-0.25, -0.2) is 4.79 Å². The number of aryl methyl sites for hydroxylation is 1. The van der Waals surface area contributed by atoms with E-state index < -0.39 is 13.1 Å². The van der Waals surface area contributed by atoms with Crippen LogP contribution in [-0.2, 0) is 11.2 Å². The van der Waals surface area contributed by atoms with Crippen molar-refractivity contribution in [3.63, 3.8) is 0 Å². The van der Waals surface area contributed by atoms with E-state index in [1.54, 1.807) is 43.3 Å². The molecule has 4 rings (SSSR count). The second-order valence-electron chi connectivity index (χ2n) is 9.43. The van der Waals surface area contributed by atoms with E-state index in [2.05, 4.69) is 10.6 Å². The average Bonchev–Trinajstić information content (AvgIpc) is 3.36. The van der Waals surface area contributed by atoms with Crippen LogP contribution < -0.4 is 15.4 Å². The molecule has 2 N–H and O–H groups in total. The van der Waals surface area contributed by atoms with Gasteiger partial charge in [-0.15, -0.1) is 0 Å². The molecule has 36 heavy (non-hydrogen) atoms. The van der Waals surface area contributed by atoms with Gasteiger partial charge < -0.3 is 33.0 Å². The maximum absolute atomic E-state index is 15.4. The van der Waals surface area contributed by atoms with E-state index in [4.69, 9.17) is 4.74 Å². The maximum Gasteiger partial charge on any atom is 0.737 e. The zero-order chi connectivity index (χ0) is 26.0. The van der Waals surface area contributed by atoms with Crippen molar-refractivity contribution in [2.45, 2.75) is 46.5 Å². The lowest BCUT2D eigenvalue weighted by molar-refractivity contribution is -0.362. The van der Waals surface area contributed by atoms with Crippen LogP contribution in [0.1, 0.15) is 57.0 Å². The van der Waals surface area contributed by atoms with Crippen LogP contribution in [0.5, 0.6) is 5.75 Å². The van der Waals surface area contributed by atoms with E-state index in [-0.39, 0.29) is 37.8 Å². The highest BCUT2D eigenvalue weighted by Gasteiger charge is 2.52. The minimum absolute atomic E-state index is 0.0539. The van der Waals surface area contributed by atoms with Crippen molar-refractivity contribution in [2.75, 3.05) is 13.1 Å². The van der Waals surface area contributed by atoms with Gasteiger partial charge >= 0.3 is 13.1 Å². The summed E-state index contributed by atoms with van der Waals surface area (Å²) in [6, 6.07) is 10.6. The van der Waals surface area contributed by atoms with Crippen molar-refractivity contribution in [3.05, 3.63) is 70.7 Å². The predicted molar refractivity (Wildman–Crippen MR) is 136 cm³/mol. The summed E-state index contributed by atoms with van der Waals surface area (Å²) in [5.41, 5.74) is 3.60. The molecule has 0 fully saturated rings. The number of carbonyl (C=O) groups excluding carboxylic acids is 2. The van der Waals surface area contributed by atoms with Gasteiger partial charge in [0.05, 0.1) is 0 Å². The van der Waals surface area contributed by atoms with Crippen molar-refractivity contribution in [2.24, 2.45) is 0 Å². The summed E-state index contributed by atoms with van der Waals surface area (Å²) >= 11 is 0. The molecule has 0 radical (unpaired) electrons. The van der Waals surface area contributed by atoms with Crippen molar-refractivity contribution < 1.29 is 27.4 Å². The Hall–Kier alpha value is -3.69. The Morgan fingerprint density at radius 2 is 1.78 bits per heavy atom. The van der Waals surface area contributed by atoms with Gasteiger partial charge in [-0.05, 0) is 48.7 Å². The van der Waals surface area contributed by atoms with E-state index >= 15 is 8.63 Å². The minimum atomic E-state index is -4.04. The number of carbonyl (C=O) groups is 2. The topological polar surface area (TPSA) is 75.4 Å². The highest BCUT2D eigenvalue weighted by molar-refractivity contribution is 6.58. The van der Waals surface area contributed by atoms with Crippen LogP contribution in [0.15, 0.2) is 53.7 Å². The first kappa shape index (κ1) is 25.4. The number of hydrogen-bond acceptors (Lipinski definition) is 3. The molecule has 0 atom stereocenters. The Morgan fingerprint density at radius 1 is 1.06 bits per heavy atom. The molecular formula is C26H31BF2N4O3. The standard InChI is InChI=1S/C26H31BF2N4O3/c1-17(2)22-7-5-6-8-24(22)36-26(35)31-14-13-30-25(34)12-11-20-9-10-21-16-23-18(3)15-19(4)32(23)27(28,29)33(20)21/h5-10,15-17H,11-14H2,1-4H3,(H,30,34)(H,31,35). The molecule has 1 aromatic carbocycles. The minimum Gasteiger partial charge on any atom is -0.410 e. The fraction of sp³-hybridized carbons (Fsp3) is 0.346. The first-order valence-electron chi connectivity index (χ1n) is 12.2. The Labute approximate surface area is 209 Å². The lowest BCUT2D eigenvalue weighted by Gasteiger charge is -2.31. The Bertz CT molecular complexity index is 1290. The maximum atomic E-state index is 15.4. The quantitative estimate of drug-likeness (QED) is 0.419. The number of ether oxygens (including phenoxy) is 1. The molecular weight excluding hydrogens is 465 g/mol. The van der Waals surface area contributed by atoms with E-state index in [9.17, 15) is 9.59 Å². The summed E-state index contributed by atoms with van der Waals surface area (Å²) in [4.78, 5) is 24.4. The number of allylic oxidation sites excluding steroid dienone is 2. The second-order valence-corrected chi connectivity index (χ2v) is 9.43. The normalized spacial score (nSPS) is 15.8. The van der Waals surface area contributed by atoms with Crippen molar-refractivity contribution in [1.29, 1.82) is 0 Å². The summed E-state index contributed by atoms with van der Waals surface area (Å²) in [6.45, 7) is 3.86. The van der Waals surface area contributed by atoms with Crippen LogP contribution in [-0.4, -0.2) is 46.7 Å². The third kappa shape index (κ3) is 4.98. The van der Waals surface area contributed by atoms with E-state index in [1.807, 2.05) is 32.9 Å². The fourth-order valence-electron chi connectivity index (χ4n) is 4.78. The van der Waals surface area contributed by atoms with Gasteiger partial charge in [-0.1, -0.05) is 32.0 Å². The van der Waals surface area contributed by atoms with Gasteiger partial charge in [-0.2, -0.15) is 0 Å². The number of rotatable bonds is 8. The number of benzene rings is 1. The summed E-state index contributed by atoms with van der Waals surface area (Å²) in [5.74, 6) is 0.421. The van der Waals surface area contributed by atoms with Crippen LogP contribution in [0.3, 0.4) is 0 Å². The Morgan fingerprint density at radius 3 is 2.53 bits per heavy atom. The van der Waals surface area contributed by atoms with Crippen molar-refractivity contribution >= 4 is 30.8 Å². The summed E-state index contributed by atoms with van der Waals surface area (Å²) in [7, 11) is 0. The molecule has 2 aromatic rings. The molecule has 0 aliphatic carbocycles. The largest absolute Gasteiger partial charge is 0.737 e. The number of fused-ring (bicyclic) bond motifs is 2. The first-order chi connectivity index (χ1) is 17.1. The number of aromatic nitrogens is 1. The summed E-state index contributed by atoms with van der Waals surface area (Å²) < 4.78 is 38.4. The number of para-hydroxylation sites is 1. The number of nitrogens with zero attached hydrogens (tertiary/aromatic N) is 2. The molecule has 0 saturated heterocycles. The zero-order valence-electron chi connectivity index (χ0n) is 21.0. The van der Waals surface area contributed by atoms with Gasteiger partial charge in [0.15, 0.2) is 5.70 Å². The van der Waals surface area contributed by atoms with Crippen LogP contribution in [0.25, 0.3) is 6.08 Å². The predicted octanol–water partition coefficient (Wildman–Crippen LogP) is 4.46. The number of halogens is 2. The van der Waals surface area contributed by atoms with Crippen molar-refractivity contribution in [1.82, 2.24) is 15.1 Å². The number of hydrogen-bond donors (Lipinski definition) is 2. The first-order valence-corrected chi connectivity index (χ1v) is 12.2. The van der Waals surface area contributed by atoms with Crippen LogP contribution >= 0.6 is 0 Å². The van der Waals surface area contributed by atoms with Gasteiger partial charge in [-0.3, -0.25) is 4.79 Å². The number of nitrogens with one attached hydrogen (secondary N) is 2. The Balaban J connectivity index is 1.26. The van der Waals surface area contributed by atoms with E-state index in [0.29, 0.717) is 28.5 Å². The SMILES string of the molecule is CC1=CC(C)=[N+]2C1=Cc1ccc(CCC(=O)NCCNC(=O)Oc3ccccc3C(C)C)n1[B-]2(F)F. The summed E-state index contributed by atoms with van der Waals surface area (Å²) in [6.07, 6.45) is 3.14. The fourth-order valence-corrected chi connectivity index (χ4v) is 4.78. The van der Waals surface area contributed by atoms with E-state index in [1.165, 1.54) is 0 Å². The molecule has 10 heteroatoms. The smallest absolute Gasteiger partial charge is 0.410 e. The molecule has 0 bridgehead atoms. The third-order valence-corrected chi connectivity index (χ3v) is 6.48. The lowest BCUT2D eigenvalue weighted by Crippen LogP contribution is -2.50. The molecule has 1 aromatic heterocycles. The molecule has 7 nitrogen and oxygen atoms in total. The van der Waals surface area contributed by atoms with Gasteiger partial charge in [0.1, 0.15) is 11.5 Å².